The first-order chi connectivity index (χ1) is 14.7. The molecule has 2 heteroatoms. The van der Waals surface area contributed by atoms with Crippen molar-refractivity contribution in [3.05, 3.63) is 47.8 Å². The molecule has 0 radical (unpaired) electrons. The van der Waals surface area contributed by atoms with Gasteiger partial charge in [-0.2, -0.15) is 0 Å². The van der Waals surface area contributed by atoms with Gasteiger partial charge in [0.15, 0.2) is 0 Å². The Kier molecular flexibility index (Phi) is 6.14. The van der Waals surface area contributed by atoms with Gasteiger partial charge in [-0.15, -0.1) is 0 Å². The highest BCUT2D eigenvalue weighted by Crippen LogP contribution is 2.49. The number of rotatable bonds is 4. The summed E-state index contributed by atoms with van der Waals surface area (Å²) in [4.78, 5) is 0. The van der Waals surface area contributed by atoms with Crippen LogP contribution in [0.3, 0.4) is 0 Å². The number of fused-ring (bicyclic) bond motifs is 2. The standard InChI is InChI=1S/C28H37FO/c1-2-30-28-14-12-24-16-22(8-10-26(24)18-28)20-5-3-19(4-6-20)21-7-9-25-17-27(29)13-11-23(25)15-21/h7,9,11,13,15,17,19-20,22,24,26,28H,2-6,8,10,12,14,16,18H2,1H3. The average Bonchev–Trinajstić information content (AvgIpc) is 2.79. The van der Waals surface area contributed by atoms with Crippen LogP contribution in [-0.2, 0) is 4.74 Å². The van der Waals surface area contributed by atoms with Crippen LogP contribution < -0.4 is 0 Å². The van der Waals surface area contributed by atoms with Crippen LogP contribution in [0.4, 0.5) is 4.39 Å². The predicted molar refractivity (Wildman–Crippen MR) is 122 cm³/mol. The molecule has 0 aromatic heterocycles. The third-order valence-electron chi connectivity index (χ3n) is 8.74. The zero-order valence-corrected chi connectivity index (χ0v) is 18.5. The lowest BCUT2D eigenvalue weighted by molar-refractivity contribution is -0.0205. The van der Waals surface area contributed by atoms with Gasteiger partial charge in [-0.05, 0) is 129 Å². The van der Waals surface area contributed by atoms with Crippen molar-refractivity contribution in [3.8, 4) is 0 Å². The number of ether oxygens (including phenoxy) is 1. The summed E-state index contributed by atoms with van der Waals surface area (Å²) in [6.07, 6.45) is 14.4. The van der Waals surface area contributed by atoms with Crippen LogP contribution in [0.2, 0.25) is 0 Å². The highest BCUT2D eigenvalue weighted by Gasteiger charge is 2.39. The van der Waals surface area contributed by atoms with E-state index in [0.717, 1.165) is 35.7 Å². The number of benzene rings is 2. The molecule has 4 unspecified atom stereocenters. The van der Waals surface area contributed by atoms with Crippen LogP contribution in [0.5, 0.6) is 0 Å². The highest BCUT2D eigenvalue weighted by atomic mass is 19.1. The fourth-order valence-electron chi connectivity index (χ4n) is 7.11. The molecule has 3 saturated carbocycles. The highest BCUT2D eigenvalue weighted by molar-refractivity contribution is 5.83. The van der Waals surface area contributed by atoms with E-state index in [-0.39, 0.29) is 5.82 Å². The Morgan fingerprint density at radius 3 is 2.17 bits per heavy atom. The summed E-state index contributed by atoms with van der Waals surface area (Å²) in [7, 11) is 0. The molecule has 0 heterocycles. The molecule has 0 saturated heterocycles. The maximum Gasteiger partial charge on any atom is 0.123 e. The minimum atomic E-state index is -0.142. The summed E-state index contributed by atoms with van der Waals surface area (Å²) >= 11 is 0. The first kappa shape index (κ1) is 20.5. The van der Waals surface area contributed by atoms with Crippen molar-refractivity contribution in [1.82, 2.24) is 0 Å². The van der Waals surface area contributed by atoms with Crippen LogP contribution in [0.25, 0.3) is 10.8 Å². The summed E-state index contributed by atoms with van der Waals surface area (Å²) in [6.45, 7) is 3.01. The van der Waals surface area contributed by atoms with Gasteiger partial charge in [0.25, 0.3) is 0 Å². The van der Waals surface area contributed by atoms with Gasteiger partial charge >= 0.3 is 0 Å². The molecule has 1 nitrogen and oxygen atoms in total. The summed E-state index contributed by atoms with van der Waals surface area (Å²) in [5.41, 5.74) is 1.46. The van der Waals surface area contributed by atoms with Crippen LogP contribution in [0, 0.1) is 29.5 Å². The second kappa shape index (κ2) is 8.99. The van der Waals surface area contributed by atoms with E-state index < -0.39 is 0 Å². The molecule has 3 fully saturated rings. The topological polar surface area (TPSA) is 9.23 Å². The molecule has 4 atom stereocenters. The van der Waals surface area contributed by atoms with Crippen molar-refractivity contribution in [2.75, 3.05) is 6.61 Å². The van der Waals surface area contributed by atoms with Crippen LogP contribution in [-0.4, -0.2) is 12.7 Å². The Bertz CT molecular complexity index is 853. The molecule has 2 aromatic carbocycles. The first-order valence-corrected chi connectivity index (χ1v) is 12.5. The maximum absolute atomic E-state index is 13.5. The molecule has 0 aliphatic heterocycles. The lowest BCUT2D eigenvalue weighted by atomic mass is 9.62. The smallest absolute Gasteiger partial charge is 0.123 e. The zero-order chi connectivity index (χ0) is 20.5. The largest absolute Gasteiger partial charge is 0.378 e. The Morgan fingerprint density at radius 1 is 0.733 bits per heavy atom. The number of hydrogen-bond donors (Lipinski definition) is 0. The molecule has 0 spiro atoms. The predicted octanol–water partition coefficient (Wildman–Crippen LogP) is 7.87. The summed E-state index contributed by atoms with van der Waals surface area (Å²) in [5, 5.41) is 2.19. The van der Waals surface area contributed by atoms with Crippen molar-refractivity contribution in [2.45, 2.75) is 83.2 Å². The van der Waals surface area contributed by atoms with E-state index in [4.69, 9.17) is 4.74 Å². The molecule has 3 aliphatic carbocycles. The van der Waals surface area contributed by atoms with E-state index in [1.54, 1.807) is 12.1 Å². The van der Waals surface area contributed by atoms with Gasteiger partial charge in [0, 0.05) is 6.61 Å². The fourth-order valence-corrected chi connectivity index (χ4v) is 7.11. The van der Waals surface area contributed by atoms with Crippen LogP contribution >= 0.6 is 0 Å². The Morgan fingerprint density at radius 2 is 1.37 bits per heavy atom. The molecule has 30 heavy (non-hydrogen) atoms. The van der Waals surface area contributed by atoms with Crippen molar-refractivity contribution in [3.63, 3.8) is 0 Å². The van der Waals surface area contributed by atoms with Crippen LogP contribution in [0.1, 0.15) is 82.6 Å². The molecule has 3 aliphatic rings. The summed E-state index contributed by atoms with van der Waals surface area (Å²) in [6, 6.07) is 11.8. The van der Waals surface area contributed by atoms with Crippen molar-refractivity contribution < 1.29 is 9.13 Å². The second-order valence-electron chi connectivity index (χ2n) is 10.3. The van der Waals surface area contributed by atoms with Gasteiger partial charge in [-0.25, -0.2) is 4.39 Å². The van der Waals surface area contributed by atoms with Gasteiger partial charge < -0.3 is 4.74 Å². The van der Waals surface area contributed by atoms with Gasteiger partial charge in [-0.1, -0.05) is 24.3 Å². The van der Waals surface area contributed by atoms with E-state index in [0.29, 0.717) is 12.0 Å². The molecular formula is C28H37FO. The van der Waals surface area contributed by atoms with Crippen molar-refractivity contribution >= 4 is 10.8 Å². The Labute approximate surface area is 181 Å². The molecule has 5 rings (SSSR count). The van der Waals surface area contributed by atoms with Gasteiger partial charge in [-0.3, -0.25) is 0 Å². The first-order valence-electron chi connectivity index (χ1n) is 12.5. The SMILES string of the molecule is CCOC1CCC2CC(C3CCC(c4ccc5cc(F)ccc5c4)CC3)CCC2C1. The van der Waals surface area contributed by atoms with Crippen molar-refractivity contribution in [2.24, 2.45) is 23.7 Å². The lowest BCUT2D eigenvalue weighted by Crippen LogP contribution is -2.36. The van der Waals surface area contributed by atoms with E-state index >= 15 is 0 Å². The van der Waals surface area contributed by atoms with E-state index in [1.807, 2.05) is 6.07 Å². The molecule has 2 aromatic rings. The average molecular weight is 409 g/mol. The molecule has 0 amide bonds. The summed E-state index contributed by atoms with van der Waals surface area (Å²) in [5.74, 6) is 4.37. The van der Waals surface area contributed by atoms with Gasteiger partial charge in [0.05, 0.1) is 6.10 Å². The third-order valence-corrected chi connectivity index (χ3v) is 8.74. The van der Waals surface area contributed by atoms with Crippen molar-refractivity contribution in [1.29, 1.82) is 0 Å². The van der Waals surface area contributed by atoms with E-state index in [9.17, 15) is 4.39 Å². The Hall–Kier alpha value is -1.41. The lowest BCUT2D eigenvalue weighted by Gasteiger charge is -2.45. The third kappa shape index (κ3) is 4.31. The molecule has 0 bridgehead atoms. The minimum Gasteiger partial charge on any atom is -0.378 e. The molecule has 162 valence electrons. The zero-order valence-electron chi connectivity index (χ0n) is 18.5. The minimum absolute atomic E-state index is 0.142. The van der Waals surface area contributed by atoms with E-state index in [2.05, 4.69) is 25.1 Å². The van der Waals surface area contributed by atoms with Gasteiger partial charge in [0.1, 0.15) is 5.82 Å². The monoisotopic (exact) mass is 408 g/mol. The Balaban J connectivity index is 1.16. The van der Waals surface area contributed by atoms with E-state index in [1.165, 1.54) is 75.2 Å². The quantitative estimate of drug-likeness (QED) is 0.500. The second-order valence-corrected chi connectivity index (χ2v) is 10.3. The number of hydrogen-bond acceptors (Lipinski definition) is 1. The number of halogens is 1. The normalized spacial score (nSPS) is 34.6. The molecular weight excluding hydrogens is 371 g/mol. The fraction of sp³-hybridized carbons (Fsp3) is 0.643. The summed E-state index contributed by atoms with van der Waals surface area (Å²) < 4.78 is 19.4. The van der Waals surface area contributed by atoms with Crippen LogP contribution in [0.15, 0.2) is 36.4 Å². The maximum atomic E-state index is 13.5. The van der Waals surface area contributed by atoms with Gasteiger partial charge in [0.2, 0.25) is 0 Å². The molecule has 0 N–H and O–H groups in total.